The van der Waals surface area contributed by atoms with Crippen LogP contribution in [-0.4, -0.2) is 23.6 Å². The lowest BCUT2D eigenvalue weighted by Gasteiger charge is -2.00. The zero-order valence-electron chi connectivity index (χ0n) is 12.3. The maximum Gasteiger partial charge on any atom is 0.212 e. The number of ether oxygens (including phenoxy) is 1. The van der Waals surface area contributed by atoms with Gasteiger partial charge in [-0.1, -0.05) is 19.9 Å². The summed E-state index contributed by atoms with van der Waals surface area (Å²) in [5.74, 6) is 0.648. The lowest BCUT2D eigenvalue weighted by molar-refractivity contribution is 0.397. The fraction of sp³-hybridized carbons (Fsp3) is 0.467. The summed E-state index contributed by atoms with van der Waals surface area (Å²) < 4.78 is 5.07. The van der Waals surface area contributed by atoms with Crippen LogP contribution in [0.1, 0.15) is 35.0 Å². The largest absolute Gasteiger partial charge is 0.481 e. The third-order valence-corrected chi connectivity index (χ3v) is 4.15. The van der Waals surface area contributed by atoms with E-state index in [9.17, 15) is 0 Å². The Hall–Kier alpha value is -1.46. The van der Waals surface area contributed by atoms with Gasteiger partial charge in [-0.05, 0) is 18.5 Å². The number of pyridine rings is 1. The second-order valence-corrected chi connectivity index (χ2v) is 5.67. The zero-order chi connectivity index (χ0) is 14.4. The summed E-state index contributed by atoms with van der Waals surface area (Å²) >= 11 is 1.80. The molecule has 0 fully saturated rings. The number of aryl methyl sites for hydroxylation is 1. The molecule has 0 aliphatic heterocycles. The molecule has 0 atom stereocenters. The molecule has 5 heteroatoms. The molecule has 0 aliphatic rings. The first kappa shape index (κ1) is 14.9. The van der Waals surface area contributed by atoms with Crippen LogP contribution in [0, 0.1) is 0 Å². The Bertz CT molecular complexity index is 537. The Kier molecular flexibility index (Phi) is 5.49. The van der Waals surface area contributed by atoms with Crippen molar-refractivity contribution in [2.45, 2.75) is 33.2 Å². The van der Waals surface area contributed by atoms with Crippen LogP contribution in [0.4, 0.5) is 0 Å². The van der Waals surface area contributed by atoms with E-state index in [0.717, 1.165) is 36.5 Å². The molecule has 0 saturated carbocycles. The summed E-state index contributed by atoms with van der Waals surface area (Å²) in [6.45, 7) is 6.18. The van der Waals surface area contributed by atoms with Crippen molar-refractivity contribution >= 4 is 11.3 Å². The number of nitrogens with zero attached hydrogens (tertiary/aromatic N) is 2. The van der Waals surface area contributed by atoms with E-state index in [1.807, 2.05) is 18.3 Å². The number of thiazole rings is 1. The first-order valence-corrected chi connectivity index (χ1v) is 7.75. The topological polar surface area (TPSA) is 47.0 Å². The number of nitrogens with one attached hydrogen (secondary N) is 1. The SMILES string of the molecule is CCNCc1sc(Cc2ccc(OC)nc2)nc1CC. The van der Waals surface area contributed by atoms with Crippen LogP contribution in [0.2, 0.25) is 0 Å². The molecule has 0 radical (unpaired) electrons. The van der Waals surface area contributed by atoms with Gasteiger partial charge < -0.3 is 10.1 Å². The Morgan fingerprint density at radius 3 is 2.75 bits per heavy atom. The van der Waals surface area contributed by atoms with Gasteiger partial charge in [-0.2, -0.15) is 0 Å². The molecule has 2 aromatic heterocycles. The molecule has 2 rings (SSSR count). The minimum Gasteiger partial charge on any atom is -0.481 e. The van der Waals surface area contributed by atoms with Crippen LogP contribution in [0.5, 0.6) is 5.88 Å². The predicted octanol–water partition coefficient (Wildman–Crippen LogP) is 2.81. The van der Waals surface area contributed by atoms with E-state index in [1.54, 1.807) is 18.4 Å². The molecule has 4 nitrogen and oxygen atoms in total. The van der Waals surface area contributed by atoms with Gasteiger partial charge in [-0.15, -0.1) is 11.3 Å². The van der Waals surface area contributed by atoms with Crippen molar-refractivity contribution in [3.05, 3.63) is 39.5 Å². The number of hydrogen-bond acceptors (Lipinski definition) is 5. The van der Waals surface area contributed by atoms with Gasteiger partial charge in [0.1, 0.15) is 0 Å². The molecule has 2 aromatic rings. The van der Waals surface area contributed by atoms with E-state index in [4.69, 9.17) is 9.72 Å². The summed E-state index contributed by atoms with van der Waals surface area (Å²) in [6, 6.07) is 3.94. The second-order valence-electron chi connectivity index (χ2n) is 4.50. The smallest absolute Gasteiger partial charge is 0.212 e. The summed E-state index contributed by atoms with van der Waals surface area (Å²) in [6.07, 6.45) is 3.68. The molecule has 0 amide bonds. The molecular formula is C15H21N3OS. The normalized spacial score (nSPS) is 10.8. The minimum absolute atomic E-state index is 0.648. The molecule has 1 N–H and O–H groups in total. The highest BCUT2D eigenvalue weighted by Crippen LogP contribution is 2.22. The van der Waals surface area contributed by atoms with Gasteiger partial charge in [-0.25, -0.2) is 9.97 Å². The van der Waals surface area contributed by atoms with Crippen molar-refractivity contribution in [1.29, 1.82) is 0 Å². The average molecular weight is 291 g/mol. The van der Waals surface area contributed by atoms with Crippen LogP contribution in [-0.2, 0) is 19.4 Å². The van der Waals surface area contributed by atoms with Gasteiger partial charge in [0.15, 0.2) is 0 Å². The lowest BCUT2D eigenvalue weighted by Crippen LogP contribution is -2.11. The number of methoxy groups -OCH3 is 1. The van der Waals surface area contributed by atoms with E-state index >= 15 is 0 Å². The molecule has 0 aromatic carbocycles. The van der Waals surface area contributed by atoms with Crippen molar-refractivity contribution in [1.82, 2.24) is 15.3 Å². The molecule has 108 valence electrons. The van der Waals surface area contributed by atoms with Crippen LogP contribution >= 0.6 is 11.3 Å². The van der Waals surface area contributed by atoms with Gasteiger partial charge in [0.25, 0.3) is 0 Å². The van der Waals surface area contributed by atoms with E-state index in [-0.39, 0.29) is 0 Å². The van der Waals surface area contributed by atoms with Crippen LogP contribution < -0.4 is 10.1 Å². The highest BCUT2D eigenvalue weighted by molar-refractivity contribution is 7.11. The Balaban J connectivity index is 2.09. The van der Waals surface area contributed by atoms with Crippen molar-refractivity contribution < 1.29 is 4.74 Å². The Morgan fingerprint density at radius 1 is 1.30 bits per heavy atom. The summed E-state index contributed by atoms with van der Waals surface area (Å²) in [7, 11) is 1.63. The van der Waals surface area contributed by atoms with E-state index in [0.29, 0.717) is 5.88 Å². The Labute approximate surface area is 124 Å². The lowest BCUT2D eigenvalue weighted by atomic mass is 10.2. The van der Waals surface area contributed by atoms with Crippen LogP contribution in [0.3, 0.4) is 0 Å². The van der Waals surface area contributed by atoms with E-state index in [1.165, 1.54) is 10.6 Å². The molecule has 20 heavy (non-hydrogen) atoms. The predicted molar refractivity (Wildman–Crippen MR) is 82.5 cm³/mol. The first-order chi connectivity index (χ1) is 9.76. The van der Waals surface area contributed by atoms with Gasteiger partial charge in [0, 0.05) is 30.1 Å². The minimum atomic E-state index is 0.648. The molecule has 0 saturated heterocycles. The standard InChI is InChI=1S/C15H21N3OS/c1-4-12-13(10-16-5-2)20-15(18-12)8-11-6-7-14(19-3)17-9-11/h6-7,9,16H,4-5,8,10H2,1-3H3. The zero-order valence-corrected chi connectivity index (χ0v) is 13.1. The van der Waals surface area contributed by atoms with Crippen LogP contribution in [0.25, 0.3) is 0 Å². The van der Waals surface area contributed by atoms with Crippen molar-refractivity contribution in [2.75, 3.05) is 13.7 Å². The van der Waals surface area contributed by atoms with Crippen molar-refractivity contribution in [3.63, 3.8) is 0 Å². The van der Waals surface area contributed by atoms with Crippen molar-refractivity contribution in [2.24, 2.45) is 0 Å². The van der Waals surface area contributed by atoms with Gasteiger partial charge in [0.05, 0.1) is 17.8 Å². The third-order valence-electron chi connectivity index (χ3n) is 3.06. The molecule has 2 heterocycles. The molecule has 0 bridgehead atoms. The number of aromatic nitrogens is 2. The van der Waals surface area contributed by atoms with Gasteiger partial charge in [0.2, 0.25) is 5.88 Å². The number of rotatable bonds is 7. The van der Waals surface area contributed by atoms with Gasteiger partial charge >= 0.3 is 0 Å². The summed E-state index contributed by atoms with van der Waals surface area (Å²) in [5, 5.41) is 4.53. The first-order valence-electron chi connectivity index (χ1n) is 6.93. The third kappa shape index (κ3) is 3.77. The average Bonchev–Trinajstić information content (AvgIpc) is 2.87. The molecule has 0 unspecified atom stereocenters. The maximum atomic E-state index is 5.07. The van der Waals surface area contributed by atoms with Crippen LogP contribution in [0.15, 0.2) is 18.3 Å². The van der Waals surface area contributed by atoms with E-state index < -0.39 is 0 Å². The summed E-state index contributed by atoms with van der Waals surface area (Å²) in [5.41, 5.74) is 2.38. The Morgan fingerprint density at radius 2 is 2.15 bits per heavy atom. The van der Waals surface area contributed by atoms with Crippen molar-refractivity contribution in [3.8, 4) is 5.88 Å². The molecule has 0 aliphatic carbocycles. The highest BCUT2D eigenvalue weighted by atomic mass is 32.1. The fourth-order valence-electron chi connectivity index (χ4n) is 1.98. The van der Waals surface area contributed by atoms with E-state index in [2.05, 4.69) is 24.1 Å². The maximum absolute atomic E-state index is 5.07. The monoisotopic (exact) mass is 291 g/mol. The number of hydrogen-bond donors (Lipinski definition) is 1. The van der Waals surface area contributed by atoms with Gasteiger partial charge in [-0.3, -0.25) is 0 Å². The fourth-order valence-corrected chi connectivity index (χ4v) is 3.14. The molecule has 0 spiro atoms. The highest BCUT2D eigenvalue weighted by Gasteiger charge is 2.10. The second kappa shape index (κ2) is 7.36. The summed E-state index contributed by atoms with van der Waals surface area (Å²) in [4.78, 5) is 10.3. The quantitative estimate of drug-likeness (QED) is 0.852. The molecular weight excluding hydrogens is 270 g/mol.